The molecule has 0 radical (unpaired) electrons. The Morgan fingerprint density at radius 3 is 2.63 bits per heavy atom. The van der Waals surface area contributed by atoms with Crippen molar-refractivity contribution < 1.29 is 18.4 Å². The summed E-state index contributed by atoms with van der Waals surface area (Å²) in [4.78, 5) is 26.0. The molecule has 1 N–H and O–H groups in total. The third-order valence-corrected chi connectivity index (χ3v) is 5.04. The van der Waals surface area contributed by atoms with E-state index in [-0.39, 0.29) is 29.0 Å². The molecular formula is C19H19ClF2N2O2S. The average Bonchev–Trinajstić information content (AvgIpc) is 2.63. The summed E-state index contributed by atoms with van der Waals surface area (Å²) in [5.74, 6) is -1.97. The van der Waals surface area contributed by atoms with Gasteiger partial charge in [0.15, 0.2) is 0 Å². The molecule has 2 amide bonds. The maximum absolute atomic E-state index is 13.6. The number of likely N-dealkylation sites (N-methyl/N-ethyl adjacent to an activating group) is 1. The number of carbonyl (C=O) groups is 2. The molecule has 0 atom stereocenters. The second-order valence-corrected chi connectivity index (χ2v) is 7.23. The second-order valence-electron chi connectivity index (χ2n) is 5.78. The Morgan fingerprint density at radius 1 is 1.19 bits per heavy atom. The number of benzene rings is 2. The first kappa shape index (κ1) is 21.2. The zero-order chi connectivity index (χ0) is 20.0. The van der Waals surface area contributed by atoms with Crippen LogP contribution in [0.2, 0.25) is 5.02 Å². The summed E-state index contributed by atoms with van der Waals surface area (Å²) in [6, 6.07) is 8.21. The monoisotopic (exact) mass is 412 g/mol. The van der Waals surface area contributed by atoms with E-state index in [0.29, 0.717) is 17.3 Å². The van der Waals surface area contributed by atoms with Gasteiger partial charge in [0.2, 0.25) is 11.8 Å². The average molecular weight is 413 g/mol. The topological polar surface area (TPSA) is 49.4 Å². The maximum atomic E-state index is 13.6. The fourth-order valence-electron chi connectivity index (χ4n) is 2.29. The molecule has 0 aliphatic carbocycles. The number of anilines is 1. The molecule has 0 saturated carbocycles. The highest BCUT2D eigenvalue weighted by Gasteiger charge is 2.17. The zero-order valence-corrected chi connectivity index (χ0v) is 16.5. The van der Waals surface area contributed by atoms with Gasteiger partial charge in [-0.05, 0) is 49.7 Å². The van der Waals surface area contributed by atoms with Crippen LogP contribution in [0.5, 0.6) is 0 Å². The van der Waals surface area contributed by atoms with Gasteiger partial charge in [-0.15, -0.1) is 11.8 Å². The largest absolute Gasteiger partial charge is 0.333 e. The fraction of sp³-hybridized carbons (Fsp3) is 0.263. The van der Waals surface area contributed by atoms with Crippen molar-refractivity contribution in [1.29, 1.82) is 0 Å². The van der Waals surface area contributed by atoms with Crippen molar-refractivity contribution >= 4 is 40.9 Å². The standard InChI is InChI=1S/C19H19ClF2N2O2S/c1-3-24(10-18(25)23-16-8-13(20)5-4-12(16)2)19(26)11-27-17-9-14(21)6-7-15(17)22/h4-9H,3,10-11H2,1-2H3,(H,23,25). The Hall–Kier alpha value is -2.12. The predicted molar refractivity (Wildman–Crippen MR) is 104 cm³/mol. The molecule has 2 rings (SSSR count). The van der Waals surface area contributed by atoms with Crippen molar-refractivity contribution in [2.24, 2.45) is 0 Å². The van der Waals surface area contributed by atoms with E-state index >= 15 is 0 Å². The molecule has 0 aliphatic rings. The number of carbonyl (C=O) groups excluding carboxylic acids is 2. The number of rotatable bonds is 7. The molecule has 27 heavy (non-hydrogen) atoms. The van der Waals surface area contributed by atoms with Crippen molar-refractivity contribution in [3.8, 4) is 0 Å². The van der Waals surface area contributed by atoms with E-state index in [4.69, 9.17) is 11.6 Å². The van der Waals surface area contributed by atoms with Crippen LogP contribution in [-0.2, 0) is 9.59 Å². The second kappa shape index (κ2) is 9.71. The fourth-order valence-corrected chi connectivity index (χ4v) is 3.32. The lowest BCUT2D eigenvalue weighted by Crippen LogP contribution is -2.38. The van der Waals surface area contributed by atoms with Gasteiger partial charge in [-0.3, -0.25) is 9.59 Å². The molecule has 2 aromatic carbocycles. The van der Waals surface area contributed by atoms with Crippen molar-refractivity contribution in [1.82, 2.24) is 4.90 Å². The lowest BCUT2D eigenvalue weighted by Gasteiger charge is -2.20. The van der Waals surface area contributed by atoms with E-state index in [1.165, 1.54) is 4.90 Å². The maximum Gasteiger partial charge on any atom is 0.244 e. The summed E-state index contributed by atoms with van der Waals surface area (Å²) in [6.45, 7) is 3.74. The number of hydrogen-bond acceptors (Lipinski definition) is 3. The van der Waals surface area contributed by atoms with E-state index < -0.39 is 11.6 Å². The molecule has 144 valence electrons. The number of halogens is 3. The van der Waals surface area contributed by atoms with E-state index in [9.17, 15) is 18.4 Å². The van der Waals surface area contributed by atoms with Crippen LogP contribution in [0.3, 0.4) is 0 Å². The minimum absolute atomic E-state index is 0.0541. The minimum atomic E-state index is -0.591. The van der Waals surface area contributed by atoms with Crippen LogP contribution in [0.25, 0.3) is 0 Å². The van der Waals surface area contributed by atoms with Crippen molar-refractivity contribution in [3.05, 3.63) is 58.6 Å². The number of aryl methyl sites for hydroxylation is 1. The molecule has 0 fully saturated rings. The van der Waals surface area contributed by atoms with Crippen LogP contribution in [-0.4, -0.2) is 35.6 Å². The Bertz CT molecular complexity index is 848. The lowest BCUT2D eigenvalue weighted by molar-refractivity contribution is -0.132. The SMILES string of the molecule is CCN(CC(=O)Nc1cc(Cl)ccc1C)C(=O)CSc1cc(F)ccc1F. The Balaban J connectivity index is 1.95. The molecule has 0 heterocycles. The highest BCUT2D eigenvalue weighted by molar-refractivity contribution is 8.00. The van der Waals surface area contributed by atoms with Crippen molar-refractivity contribution in [3.63, 3.8) is 0 Å². The third-order valence-electron chi connectivity index (χ3n) is 3.79. The predicted octanol–water partition coefficient (Wildman–Crippen LogP) is 4.51. The van der Waals surface area contributed by atoms with Gasteiger partial charge in [-0.1, -0.05) is 17.7 Å². The highest BCUT2D eigenvalue weighted by atomic mass is 35.5. The van der Waals surface area contributed by atoms with Crippen LogP contribution in [0.15, 0.2) is 41.3 Å². The first-order chi connectivity index (χ1) is 12.8. The first-order valence-electron chi connectivity index (χ1n) is 8.21. The van der Waals surface area contributed by atoms with Gasteiger partial charge in [0.05, 0.1) is 12.3 Å². The third kappa shape index (κ3) is 6.22. The van der Waals surface area contributed by atoms with Crippen LogP contribution in [0.1, 0.15) is 12.5 Å². The Kier molecular flexibility index (Phi) is 7.62. The van der Waals surface area contributed by atoms with Crippen LogP contribution < -0.4 is 5.32 Å². The van der Waals surface area contributed by atoms with Gasteiger partial charge >= 0.3 is 0 Å². The summed E-state index contributed by atoms with van der Waals surface area (Å²) in [5, 5.41) is 3.22. The van der Waals surface area contributed by atoms with Gasteiger partial charge in [0.25, 0.3) is 0 Å². The van der Waals surface area contributed by atoms with Crippen LogP contribution in [0, 0.1) is 18.6 Å². The molecular weight excluding hydrogens is 394 g/mol. The van der Waals surface area contributed by atoms with E-state index in [2.05, 4.69) is 5.32 Å². The van der Waals surface area contributed by atoms with E-state index in [0.717, 1.165) is 35.5 Å². The number of thioether (sulfide) groups is 1. The summed E-state index contributed by atoms with van der Waals surface area (Å²) in [7, 11) is 0. The van der Waals surface area contributed by atoms with Crippen LogP contribution in [0.4, 0.5) is 14.5 Å². The molecule has 0 saturated heterocycles. The summed E-state index contributed by atoms with van der Waals surface area (Å²) < 4.78 is 26.8. The first-order valence-corrected chi connectivity index (χ1v) is 9.58. The number of nitrogens with zero attached hydrogens (tertiary/aromatic N) is 1. The summed E-state index contributed by atoms with van der Waals surface area (Å²) in [6.07, 6.45) is 0. The van der Waals surface area contributed by atoms with E-state index in [1.807, 2.05) is 6.92 Å². The molecule has 0 aliphatic heterocycles. The summed E-state index contributed by atoms with van der Waals surface area (Å²) >= 11 is 6.82. The molecule has 0 bridgehead atoms. The smallest absolute Gasteiger partial charge is 0.244 e. The van der Waals surface area contributed by atoms with Gasteiger partial charge in [-0.25, -0.2) is 8.78 Å². The van der Waals surface area contributed by atoms with Crippen molar-refractivity contribution in [2.75, 3.05) is 24.2 Å². The Labute approximate surface area is 165 Å². The lowest BCUT2D eigenvalue weighted by atomic mass is 10.2. The zero-order valence-electron chi connectivity index (χ0n) is 14.9. The van der Waals surface area contributed by atoms with Crippen LogP contribution >= 0.6 is 23.4 Å². The molecule has 2 aromatic rings. The van der Waals surface area contributed by atoms with Gasteiger partial charge in [0.1, 0.15) is 11.6 Å². The normalized spacial score (nSPS) is 10.6. The molecule has 0 aromatic heterocycles. The minimum Gasteiger partial charge on any atom is -0.333 e. The molecule has 8 heteroatoms. The Morgan fingerprint density at radius 2 is 1.93 bits per heavy atom. The number of nitrogens with one attached hydrogen (secondary N) is 1. The van der Waals surface area contributed by atoms with Gasteiger partial charge in [0, 0.05) is 22.2 Å². The number of amides is 2. The van der Waals surface area contributed by atoms with Gasteiger partial charge < -0.3 is 10.2 Å². The molecule has 0 unspecified atom stereocenters. The van der Waals surface area contributed by atoms with E-state index in [1.54, 1.807) is 25.1 Å². The number of hydrogen-bond donors (Lipinski definition) is 1. The molecule has 4 nitrogen and oxygen atoms in total. The quantitative estimate of drug-likeness (QED) is 0.681. The van der Waals surface area contributed by atoms with Gasteiger partial charge in [-0.2, -0.15) is 0 Å². The summed E-state index contributed by atoms with van der Waals surface area (Å²) in [5.41, 5.74) is 1.42. The molecule has 0 spiro atoms. The van der Waals surface area contributed by atoms with Crippen molar-refractivity contribution in [2.45, 2.75) is 18.7 Å². The highest BCUT2D eigenvalue weighted by Crippen LogP contribution is 2.23.